The molecule has 1 saturated heterocycles. The Bertz CT molecular complexity index is 738. The largest absolute Gasteiger partial charge is 0.467 e. The summed E-state index contributed by atoms with van der Waals surface area (Å²) in [7, 11) is 5.16. The molecule has 0 spiro atoms. The van der Waals surface area contributed by atoms with E-state index in [0.717, 1.165) is 27.9 Å². The highest BCUT2D eigenvalue weighted by Gasteiger charge is 2.40. The minimum Gasteiger partial charge on any atom is -0.467 e. The predicted octanol–water partition coefficient (Wildman–Crippen LogP) is 2.91. The van der Waals surface area contributed by atoms with E-state index >= 15 is 0 Å². The Morgan fingerprint density at radius 2 is 1.88 bits per heavy atom. The lowest BCUT2D eigenvalue weighted by Crippen LogP contribution is -2.42. The smallest absolute Gasteiger partial charge is 0.328 e. The molecule has 1 fully saturated rings. The molecule has 2 amide bonds. The molecule has 7 heteroatoms. The predicted molar refractivity (Wildman–Crippen MR) is 99.2 cm³/mol. The van der Waals surface area contributed by atoms with Crippen LogP contribution in [0.1, 0.15) is 12.5 Å². The highest BCUT2D eigenvalue weighted by molar-refractivity contribution is 8.18. The van der Waals surface area contributed by atoms with E-state index in [2.05, 4.69) is 4.74 Å². The summed E-state index contributed by atoms with van der Waals surface area (Å²) in [6, 6.07) is 6.97. The van der Waals surface area contributed by atoms with Crippen LogP contribution in [0.3, 0.4) is 0 Å². The molecule has 0 aromatic heterocycles. The third kappa shape index (κ3) is 4.30. The molecule has 1 aliphatic rings. The first-order chi connectivity index (χ1) is 11.8. The summed E-state index contributed by atoms with van der Waals surface area (Å²) in [6.45, 7) is 1.47. The van der Waals surface area contributed by atoms with Crippen molar-refractivity contribution in [2.24, 2.45) is 0 Å². The van der Waals surface area contributed by atoms with Crippen molar-refractivity contribution in [1.82, 2.24) is 4.90 Å². The third-order valence-electron chi connectivity index (χ3n) is 3.70. The Kier molecular flexibility index (Phi) is 6.03. The van der Waals surface area contributed by atoms with Crippen molar-refractivity contribution in [3.05, 3.63) is 46.9 Å². The molecule has 0 radical (unpaired) electrons. The third-order valence-corrected chi connectivity index (χ3v) is 4.60. The second-order valence-electron chi connectivity index (χ2n) is 5.62. The number of benzene rings is 1. The molecule has 1 aliphatic heterocycles. The maximum Gasteiger partial charge on any atom is 0.328 e. The van der Waals surface area contributed by atoms with Crippen molar-refractivity contribution in [2.75, 3.05) is 26.1 Å². The number of esters is 1. The SMILES string of the molecule is COC(=O)[C@@H](C)N1C(=O)S/C(=C/C=C/c2ccc(N(C)C)cc2)C1=O. The van der Waals surface area contributed by atoms with Gasteiger partial charge in [0.15, 0.2) is 0 Å². The van der Waals surface area contributed by atoms with E-state index in [1.165, 1.54) is 14.0 Å². The number of methoxy groups -OCH3 is 1. The maximum absolute atomic E-state index is 12.3. The van der Waals surface area contributed by atoms with Crippen molar-refractivity contribution in [3.8, 4) is 0 Å². The molecule has 0 saturated carbocycles. The van der Waals surface area contributed by atoms with Crippen LogP contribution in [0.2, 0.25) is 0 Å². The van der Waals surface area contributed by atoms with Crippen molar-refractivity contribution < 1.29 is 19.1 Å². The topological polar surface area (TPSA) is 66.9 Å². The first kappa shape index (κ1) is 18.8. The molecule has 0 N–H and O–H groups in total. The van der Waals surface area contributed by atoms with Crippen LogP contribution in [0.5, 0.6) is 0 Å². The quantitative estimate of drug-likeness (QED) is 0.594. The van der Waals surface area contributed by atoms with Gasteiger partial charge in [0, 0.05) is 19.8 Å². The zero-order chi connectivity index (χ0) is 18.6. The Morgan fingerprint density at radius 3 is 2.44 bits per heavy atom. The zero-order valence-corrected chi connectivity index (χ0v) is 15.4. The second-order valence-corrected chi connectivity index (χ2v) is 6.61. The molecule has 0 aliphatic carbocycles. The summed E-state index contributed by atoms with van der Waals surface area (Å²) < 4.78 is 4.59. The normalized spacial score (nSPS) is 17.4. The van der Waals surface area contributed by atoms with Crippen molar-refractivity contribution >= 4 is 40.6 Å². The van der Waals surface area contributed by atoms with E-state index in [0.29, 0.717) is 0 Å². The first-order valence-corrected chi connectivity index (χ1v) is 8.45. The molecule has 25 heavy (non-hydrogen) atoms. The number of hydrogen-bond acceptors (Lipinski definition) is 6. The van der Waals surface area contributed by atoms with Crippen molar-refractivity contribution in [1.29, 1.82) is 0 Å². The van der Waals surface area contributed by atoms with Gasteiger partial charge < -0.3 is 9.64 Å². The summed E-state index contributed by atoms with van der Waals surface area (Å²) >= 11 is 0.812. The number of carbonyl (C=O) groups excluding carboxylic acids is 3. The first-order valence-electron chi connectivity index (χ1n) is 7.64. The Hall–Kier alpha value is -2.54. The number of ether oxygens (including phenoxy) is 1. The van der Waals surface area contributed by atoms with Crippen LogP contribution in [0.25, 0.3) is 6.08 Å². The molecule has 6 nitrogen and oxygen atoms in total. The number of nitrogens with zero attached hydrogens (tertiary/aromatic N) is 2. The van der Waals surface area contributed by atoms with Crippen molar-refractivity contribution in [2.45, 2.75) is 13.0 Å². The second kappa shape index (κ2) is 8.02. The Balaban J connectivity index is 2.10. The van der Waals surface area contributed by atoms with Gasteiger partial charge in [-0.2, -0.15) is 0 Å². The van der Waals surface area contributed by atoms with Crippen LogP contribution in [-0.4, -0.2) is 49.3 Å². The lowest BCUT2D eigenvalue weighted by Gasteiger charge is -2.18. The minimum absolute atomic E-state index is 0.280. The summed E-state index contributed by atoms with van der Waals surface area (Å²) in [5, 5.41) is -0.474. The number of anilines is 1. The summed E-state index contributed by atoms with van der Waals surface area (Å²) in [4.78, 5) is 39.1. The van der Waals surface area contributed by atoms with E-state index in [-0.39, 0.29) is 4.91 Å². The monoisotopic (exact) mass is 360 g/mol. The van der Waals surface area contributed by atoms with E-state index in [9.17, 15) is 14.4 Å². The fourth-order valence-electron chi connectivity index (χ4n) is 2.23. The highest BCUT2D eigenvalue weighted by Crippen LogP contribution is 2.32. The standard InChI is InChI=1S/C18H20N2O4S/c1-12(17(22)24-4)20-16(21)15(25-18(20)23)7-5-6-13-8-10-14(11-9-13)19(2)3/h5-12H,1-4H3/b6-5+,15-7+/t12-/m1/s1. The van der Waals surface area contributed by atoms with Crippen LogP contribution >= 0.6 is 11.8 Å². The Morgan fingerprint density at radius 1 is 1.24 bits per heavy atom. The molecular formula is C18H20N2O4S. The lowest BCUT2D eigenvalue weighted by atomic mass is 10.2. The zero-order valence-electron chi connectivity index (χ0n) is 14.6. The van der Waals surface area contributed by atoms with Gasteiger partial charge in [0.05, 0.1) is 12.0 Å². The molecule has 132 valence electrons. The van der Waals surface area contributed by atoms with E-state index in [1.807, 2.05) is 49.3 Å². The number of rotatable bonds is 5. The molecular weight excluding hydrogens is 340 g/mol. The van der Waals surface area contributed by atoms with Crippen LogP contribution < -0.4 is 4.90 Å². The van der Waals surface area contributed by atoms with Crippen LogP contribution in [-0.2, 0) is 14.3 Å². The molecule has 1 aromatic carbocycles. The molecule has 0 unspecified atom stereocenters. The van der Waals surface area contributed by atoms with Gasteiger partial charge >= 0.3 is 5.97 Å². The highest BCUT2D eigenvalue weighted by atomic mass is 32.2. The van der Waals surface area contributed by atoms with Crippen LogP contribution in [0, 0.1) is 0 Å². The average molecular weight is 360 g/mol. The molecule has 2 rings (SSSR count). The molecule has 0 bridgehead atoms. The van der Waals surface area contributed by atoms with Crippen molar-refractivity contribution in [3.63, 3.8) is 0 Å². The number of imide groups is 1. The lowest BCUT2D eigenvalue weighted by molar-refractivity contribution is -0.148. The number of allylic oxidation sites excluding steroid dienone is 2. The van der Waals surface area contributed by atoms with E-state index in [4.69, 9.17) is 0 Å². The average Bonchev–Trinajstić information content (AvgIpc) is 2.87. The van der Waals surface area contributed by atoms with E-state index in [1.54, 1.807) is 12.2 Å². The molecule has 1 heterocycles. The van der Waals surface area contributed by atoms with Gasteiger partial charge in [-0.15, -0.1) is 0 Å². The van der Waals surface area contributed by atoms with Gasteiger partial charge in [-0.1, -0.05) is 24.3 Å². The number of hydrogen-bond donors (Lipinski definition) is 0. The summed E-state index contributed by atoms with van der Waals surface area (Å²) in [5.41, 5.74) is 2.07. The van der Waals surface area contributed by atoms with Gasteiger partial charge in [-0.3, -0.25) is 14.5 Å². The van der Waals surface area contributed by atoms with E-state index < -0.39 is 23.2 Å². The molecule has 1 atom stereocenters. The number of amides is 2. The molecule has 1 aromatic rings. The fourth-order valence-corrected chi connectivity index (χ4v) is 3.09. The van der Waals surface area contributed by atoms with Crippen LogP contribution in [0.15, 0.2) is 41.3 Å². The van der Waals surface area contributed by atoms with Gasteiger partial charge in [0.1, 0.15) is 6.04 Å². The minimum atomic E-state index is -0.939. The maximum atomic E-state index is 12.3. The van der Waals surface area contributed by atoms with Gasteiger partial charge in [-0.25, -0.2) is 4.79 Å². The van der Waals surface area contributed by atoms with Gasteiger partial charge in [0.25, 0.3) is 11.1 Å². The number of carbonyl (C=O) groups is 3. The Labute approximate surface area is 151 Å². The number of thioether (sulfide) groups is 1. The summed E-state index contributed by atoms with van der Waals surface area (Å²) in [6.07, 6.45) is 5.14. The van der Waals surface area contributed by atoms with Gasteiger partial charge in [-0.05, 0) is 42.5 Å². The van der Waals surface area contributed by atoms with Crippen LogP contribution in [0.4, 0.5) is 10.5 Å². The fraction of sp³-hybridized carbons (Fsp3) is 0.278. The summed E-state index contributed by atoms with van der Waals surface area (Å²) in [5.74, 6) is -1.11. The van der Waals surface area contributed by atoms with Gasteiger partial charge in [0.2, 0.25) is 0 Å².